The maximum Gasteiger partial charge on any atom is 0.449 e. The lowest BCUT2D eigenvalue weighted by Crippen LogP contribution is -2.06. The second-order valence-corrected chi connectivity index (χ2v) is 4.56. The van der Waals surface area contributed by atoms with Crippen LogP contribution in [0.15, 0.2) is 48.5 Å². The summed E-state index contributed by atoms with van der Waals surface area (Å²) in [4.78, 5) is 6.03. The number of nitrogens with zero attached hydrogens (tertiary/aromatic N) is 1. The zero-order valence-electron chi connectivity index (χ0n) is 10.4. The van der Waals surface area contributed by atoms with Crippen LogP contribution in [0.1, 0.15) is 17.0 Å². The van der Waals surface area contributed by atoms with Crippen molar-refractivity contribution in [2.45, 2.75) is 12.6 Å². The summed E-state index contributed by atoms with van der Waals surface area (Å²) in [6.45, 7) is 0. The largest absolute Gasteiger partial charge is 0.449 e. The molecule has 0 spiro atoms. The second-order valence-electron chi connectivity index (χ2n) is 4.56. The molecule has 0 amide bonds. The van der Waals surface area contributed by atoms with E-state index in [0.29, 0.717) is 17.5 Å². The van der Waals surface area contributed by atoms with E-state index >= 15 is 0 Å². The standard InChI is InChI=1S/C15H11F3N2/c16-15(17,18)14-19-12-8-4-7-11(13(12)20-14)9-10-5-2-1-3-6-10/h1-8H,9H2,(H,19,20). The van der Waals surface area contributed by atoms with Crippen molar-refractivity contribution in [2.75, 3.05) is 0 Å². The number of para-hydroxylation sites is 1. The van der Waals surface area contributed by atoms with Crippen LogP contribution in [0.25, 0.3) is 11.0 Å². The molecule has 0 bridgehead atoms. The number of hydrogen-bond donors (Lipinski definition) is 1. The molecule has 0 aliphatic carbocycles. The van der Waals surface area contributed by atoms with E-state index in [1.54, 1.807) is 18.2 Å². The van der Waals surface area contributed by atoms with Gasteiger partial charge in [0.1, 0.15) is 0 Å². The van der Waals surface area contributed by atoms with Gasteiger partial charge in [-0.25, -0.2) is 4.98 Å². The highest BCUT2D eigenvalue weighted by Crippen LogP contribution is 2.29. The average molecular weight is 276 g/mol. The SMILES string of the molecule is FC(F)(F)c1nc2c(Cc3ccccc3)cccc2[nH]1. The number of nitrogens with one attached hydrogen (secondary N) is 1. The summed E-state index contributed by atoms with van der Waals surface area (Å²) < 4.78 is 38.1. The molecule has 1 N–H and O–H groups in total. The van der Waals surface area contributed by atoms with Crippen LogP contribution in [0.3, 0.4) is 0 Å². The molecular weight excluding hydrogens is 265 g/mol. The Hall–Kier alpha value is -2.30. The Morgan fingerprint density at radius 2 is 1.70 bits per heavy atom. The first kappa shape index (κ1) is 12.7. The minimum atomic E-state index is -4.46. The van der Waals surface area contributed by atoms with Gasteiger partial charge in [0.15, 0.2) is 0 Å². The molecule has 0 fully saturated rings. The molecule has 0 aliphatic heterocycles. The Morgan fingerprint density at radius 3 is 2.40 bits per heavy atom. The van der Waals surface area contributed by atoms with E-state index < -0.39 is 12.0 Å². The van der Waals surface area contributed by atoms with Gasteiger partial charge in [0.25, 0.3) is 0 Å². The van der Waals surface area contributed by atoms with Crippen LogP contribution in [0.2, 0.25) is 0 Å². The third-order valence-corrected chi connectivity index (χ3v) is 3.10. The van der Waals surface area contributed by atoms with Crippen LogP contribution in [0.4, 0.5) is 13.2 Å². The molecule has 0 atom stereocenters. The molecular formula is C15H11F3N2. The number of alkyl halides is 3. The summed E-state index contributed by atoms with van der Waals surface area (Å²) in [5.41, 5.74) is 2.60. The molecule has 0 unspecified atom stereocenters. The van der Waals surface area contributed by atoms with Crippen molar-refractivity contribution in [1.82, 2.24) is 9.97 Å². The fourth-order valence-electron chi connectivity index (χ4n) is 2.18. The van der Waals surface area contributed by atoms with Gasteiger partial charge in [-0.2, -0.15) is 13.2 Å². The predicted molar refractivity (Wildman–Crippen MR) is 70.3 cm³/mol. The zero-order chi connectivity index (χ0) is 14.2. The van der Waals surface area contributed by atoms with Gasteiger partial charge in [-0.3, -0.25) is 0 Å². The predicted octanol–water partition coefficient (Wildman–Crippen LogP) is 4.17. The van der Waals surface area contributed by atoms with E-state index in [4.69, 9.17) is 0 Å². The van der Waals surface area contributed by atoms with E-state index in [9.17, 15) is 13.2 Å². The first-order valence-electron chi connectivity index (χ1n) is 6.13. The van der Waals surface area contributed by atoms with Crippen molar-refractivity contribution in [3.8, 4) is 0 Å². The Labute approximate surface area is 113 Å². The average Bonchev–Trinajstić information content (AvgIpc) is 2.85. The normalized spacial score (nSPS) is 11.9. The number of imidazole rings is 1. The van der Waals surface area contributed by atoms with E-state index in [1.165, 1.54) is 0 Å². The number of benzene rings is 2. The number of fused-ring (bicyclic) bond motifs is 1. The highest BCUT2D eigenvalue weighted by molar-refractivity contribution is 5.79. The topological polar surface area (TPSA) is 28.7 Å². The monoisotopic (exact) mass is 276 g/mol. The van der Waals surface area contributed by atoms with Crippen molar-refractivity contribution in [3.63, 3.8) is 0 Å². The highest BCUT2D eigenvalue weighted by Gasteiger charge is 2.34. The molecule has 1 aromatic heterocycles. The Kier molecular flexibility index (Phi) is 2.97. The van der Waals surface area contributed by atoms with Crippen molar-refractivity contribution < 1.29 is 13.2 Å². The lowest BCUT2D eigenvalue weighted by Gasteiger charge is -2.02. The van der Waals surface area contributed by atoms with Crippen molar-refractivity contribution in [1.29, 1.82) is 0 Å². The molecule has 0 radical (unpaired) electrons. The van der Waals surface area contributed by atoms with Gasteiger partial charge in [0.2, 0.25) is 5.82 Å². The molecule has 3 aromatic rings. The number of halogens is 3. The van der Waals surface area contributed by atoms with Crippen LogP contribution in [0, 0.1) is 0 Å². The van der Waals surface area contributed by atoms with Crippen LogP contribution in [-0.2, 0) is 12.6 Å². The van der Waals surface area contributed by atoms with E-state index in [1.807, 2.05) is 30.3 Å². The molecule has 2 aromatic carbocycles. The first-order valence-corrected chi connectivity index (χ1v) is 6.13. The third kappa shape index (κ3) is 2.39. The second kappa shape index (κ2) is 4.67. The molecule has 102 valence electrons. The van der Waals surface area contributed by atoms with Crippen LogP contribution >= 0.6 is 0 Å². The molecule has 20 heavy (non-hydrogen) atoms. The summed E-state index contributed by atoms with van der Waals surface area (Å²) in [5, 5.41) is 0. The molecule has 0 saturated heterocycles. The van der Waals surface area contributed by atoms with E-state index in [-0.39, 0.29) is 0 Å². The summed E-state index contributed by atoms with van der Waals surface area (Å²) in [7, 11) is 0. The van der Waals surface area contributed by atoms with Gasteiger partial charge in [-0.15, -0.1) is 0 Å². The van der Waals surface area contributed by atoms with Gasteiger partial charge in [0, 0.05) is 0 Å². The summed E-state index contributed by atoms with van der Waals surface area (Å²) in [6.07, 6.45) is -3.90. The number of aromatic amines is 1. The minimum Gasteiger partial charge on any atom is -0.334 e. The van der Waals surface area contributed by atoms with E-state index in [2.05, 4.69) is 9.97 Å². The quantitative estimate of drug-likeness (QED) is 0.747. The molecule has 2 nitrogen and oxygen atoms in total. The van der Waals surface area contributed by atoms with Gasteiger partial charge in [-0.1, -0.05) is 42.5 Å². The van der Waals surface area contributed by atoms with Crippen LogP contribution in [0.5, 0.6) is 0 Å². The lowest BCUT2D eigenvalue weighted by atomic mass is 10.0. The smallest absolute Gasteiger partial charge is 0.334 e. The van der Waals surface area contributed by atoms with E-state index in [0.717, 1.165) is 11.1 Å². The number of rotatable bonds is 2. The minimum absolute atomic E-state index is 0.378. The fraction of sp³-hybridized carbons (Fsp3) is 0.133. The maximum atomic E-state index is 12.7. The maximum absolute atomic E-state index is 12.7. The first-order chi connectivity index (χ1) is 9.54. The number of hydrogen-bond acceptors (Lipinski definition) is 1. The van der Waals surface area contributed by atoms with Gasteiger partial charge < -0.3 is 4.98 Å². The fourth-order valence-corrected chi connectivity index (χ4v) is 2.18. The number of aromatic nitrogens is 2. The van der Waals surface area contributed by atoms with Crippen molar-refractivity contribution in [2.24, 2.45) is 0 Å². The molecule has 0 aliphatic rings. The lowest BCUT2D eigenvalue weighted by molar-refractivity contribution is -0.144. The zero-order valence-corrected chi connectivity index (χ0v) is 10.4. The molecule has 3 rings (SSSR count). The summed E-state index contributed by atoms with van der Waals surface area (Å²) >= 11 is 0. The Balaban J connectivity index is 2.05. The Bertz CT molecular complexity index is 730. The van der Waals surface area contributed by atoms with Gasteiger partial charge in [-0.05, 0) is 23.6 Å². The van der Waals surface area contributed by atoms with Crippen molar-refractivity contribution >= 4 is 11.0 Å². The van der Waals surface area contributed by atoms with Gasteiger partial charge >= 0.3 is 6.18 Å². The summed E-state index contributed by atoms with van der Waals surface area (Å²) in [6, 6.07) is 14.7. The third-order valence-electron chi connectivity index (χ3n) is 3.10. The van der Waals surface area contributed by atoms with Crippen LogP contribution in [-0.4, -0.2) is 9.97 Å². The molecule has 1 heterocycles. The summed E-state index contributed by atoms with van der Waals surface area (Å²) in [5.74, 6) is -0.951. The molecule has 0 saturated carbocycles. The van der Waals surface area contributed by atoms with Crippen molar-refractivity contribution in [3.05, 3.63) is 65.5 Å². The Morgan fingerprint density at radius 1 is 0.950 bits per heavy atom. The van der Waals surface area contributed by atoms with Crippen LogP contribution < -0.4 is 0 Å². The highest BCUT2D eigenvalue weighted by atomic mass is 19.4. The number of H-pyrrole nitrogens is 1. The van der Waals surface area contributed by atoms with Gasteiger partial charge in [0.05, 0.1) is 11.0 Å². The molecule has 5 heteroatoms.